The smallest absolute Gasteiger partial charge is 0.136 e. The summed E-state index contributed by atoms with van der Waals surface area (Å²) in [6.45, 7) is 0. The number of hydrogen-bond acceptors (Lipinski definition) is 2. The summed E-state index contributed by atoms with van der Waals surface area (Å²) in [5.41, 5.74) is 9.10. The van der Waals surface area contributed by atoms with Crippen LogP contribution in [0.2, 0.25) is 0 Å². The Morgan fingerprint density at radius 1 is 0.348 bits per heavy atom. The summed E-state index contributed by atoms with van der Waals surface area (Å²) in [6.07, 6.45) is 0. The first-order chi connectivity index (χ1) is 22.8. The molecule has 0 fully saturated rings. The summed E-state index contributed by atoms with van der Waals surface area (Å²) < 4.78 is 9.25. The average Bonchev–Trinajstić information content (AvgIpc) is 3.68. The molecule has 0 saturated heterocycles. The predicted octanol–water partition coefficient (Wildman–Crippen LogP) is 13.3. The van der Waals surface area contributed by atoms with E-state index in [2.05, 4.69) is 158 Å². The highest BCUT2D eigenvalue weighted by Gasteiger charge is 2.21. The molecule has 0 radical (unpaired) electrons. The van der Waals surface area contributed by atoms with E-state index >= 15 is 0 Å². The summed E-state index contributed by atoms with van der Waals surface area (Å²) >= 11 is 1.86. The first-order valence-corrected chi connectivity index (χ1v) is 16.5. The van der Waals surface area contributed by atoms with Crippen LogP contribution in [0.3, 0.4) is 0 Å². The van der Waals surface area contributed by atoms with Crippen molar-refractivity contribution in [2.75, 3.05) is 0 Å². The zero-order valence-corrected chi connectivity index (χ0v) is 25.6. The van der Waals surface area contributed by atoms with Crippen molar-refractivity contribution in [3.8, 4) is 33.4 Å². The minimum absolute atomic E-state index is 0.908. The normalized spacial score (nSPS) is 11.9. The molecule has 2 heteroatoms. The molecule has 8 aromatic carbocycles. The topological polar surface area (TPSA) is 13.1 Å². The third-order valence-electron chi connectivity index (χ3n) is 9.45. The Morgan fingerprint density at radius 3 is 1.67 bits per heavy atom. The van der Waals surface area contributed by atoms with Gasteiger partial charge in [0.1, 0.15) is 11.2 Å². The van der Waals surface area contributed by atoms with Crippen LogP contribution >= 0.6 is 11.3 Å². The van der Waals surface area contributed by atoms with Gasteiger partial charge in [-0.1, -0.05) is 127 Å². The Hall–Kier alpha value is -5.70. The fourth-order valence-corrected chi connectivity index (χ4v) is 8.60. The molecule has 10 aromatic rings. The van der Waals surface area contributed by atoms with Gasteiger partial charge in [-0.05, 0) is 85.3 Å². The van der Waals surface area contributed by atoms with Gasteiger partial charge in [0, 0.05) is 30.9 Å². The van der Waals surface area contributed by atoms with Crippen LogP contribution in [0, 0.1) is 0 Å². The van der Waals surface area contributed by atoms with Crippen LogP contribution in [0.25, 0.3) is 97.0 Å². The minimum Gasteiger partial charge on any atom is -0.456 e. The van der Waals surface area contributed by atoms with E-state index in [4.69, 9.17) is 4.42 Å². The van der Waals surface area contributed by atoms with Crippen molar-refractivity contribution in [2.45, 2.75) is 0 Å². The molecule has 0 unspecified atom stereocenters. The number of para-hydroxylation sites is 1. The van der Waals surface area contributed by atoms with E-state index < -0.39 is 0 Å². The highest BCUT2D eigenvalue weighted by molar-refractivity contribution is 7.25. The lowest BCUT2D eigenvalue weighted by Crippen LogP contribution is -1.92. The molecule has 0 amide bonds. The van der Waals surface area contributed by atoms with Gasteiger partial charge < -0.3 is 4.42 Å². The lowest BCUT2D eigenvalue weighted by atomic mass is 9.84. The van der Waals surface area contributed by atoms with Crippen molar-refractivity contribution in [3.05, 3.63) is 158 Å². The van der Waals surface area contributed by atoms with Crippen molar-refractivity contribution < 1.29 is 4.42 Å². The number of hydrogen-bond donors (Lipinski definition) is 0. The Kier molecular flexibility index (Phi) is 5.51. The molecule has 0 aliphatic rings. The van der Waals surface area contributed by atoms with Crippen LogP contribution < -0.4 is 0 Å². The molecular formula is C44H26OS. The quantitative estimate of drug-likeness (QED) is 0.183. The lowest BCUT2D eigenvalue weighted by molar-refractivity contribution is 0.669. The summed E-state index contributed by atoms with van der Waals surface area (Å²) in [6, 6.07) is 57.2. The van der Waals surface area contributed by atoms with Gasteiger partial charge in [-0.3, -0.25) is 0 Å². The highest BCUT2D eigenvalue weighted by Crippen LogP contribution is 2.48. The number of benzene rings is 8. The maximum Gasteiger partial charge on any atom is 0.136 e. The van der Waals surface area contributed by atoms with E-state index in [0.29, 0.717) is 0 Å². The molecule has 0 N–H and O–H groups in total. The number of fused-ring (bicyclic) bond motifs is 8. The van der Waals surface area contributed by atoms with E-state index in [1.54, 1.807) is 0 Å². The van der Waals surface area contributed by atoms with Crippen molar-refractivity contribution in [1.29, 1.82) is 0 Å². The van der Waals surface area contributed by atoms with Gasteiger partial charge in [-0.25, -0.2) is 0 Å². The lowest BCUT2D eigenvalue weighted by Gasteiger charge is -2.19. The molecule has 0 aliphatic heterocycles. The van der Waals surface area contributed by atoms with Crippen molar-refractivity contribution in [2.24, 2.45) is 0 Å². The van der Waals surface area contributed by atoms with Crippen molar-refractivity contribution in [1.82, 2.24) is 0 Å². The number of rotatable bonds is 3. The molecule has 0 saturated carbocycles. The summed E-state index contributed by atoms with van der Waals surface area (Å²) in [4.78, 5) is 0. The maximum atomic E-state index is 6.63. The van der Waals surface area contributed by atoms with Crippen molar-refractivity contribution >= 4 is 75.0 Å². The van der Waals surface area contributed by atoms with Crippen molar-refractivity contribution in [3.63, 3.8) is 0 Å². The second kappa shape index (κ2) is 9.90. The second-order valence-electron chi connectivity index (χ2n) is 12.0. The number of furan rings is 1. The number of thiophene rings is 1. The molecule has 10 rings (SSSR count). The summed E-state index contributed by atoms with van der Waals surface area (Å²) in [5, 5.41) is 9.90. The van der Waals surface area contributed by atoms with Crippen LogP contribution in [0.5, 0.6) is 0 Å². The van der Waals surface area contributed by atoms with Crippen LogP contribution in [0.1, 0.15) is 0 Å². The maximum absolute atomic E-state index is 6.63. The monoisotopic (exact) mass is 602 g/mol. The third kappa shape index (κ3) is 3.74. The van der Waals surface area contributed by atoms with E-state index in [1.807, 2.05) is 11.3 Å². The molecule has 46 heavy (non-hydrogen) atoms. The molecule has 0 spiro atoms. The van der Waals surface area contributed by atoms with E-state index in [1.165, 1.54) is 69.5 Å². The largest absolute Gasteiger partial charge is 0.456 e. The second-order valence-corrected chi connectivity index (χ2v) is 13.1. The fraction of sp³-hybridized carbons (Fsp3) is 0. The van der Waals surface area contributed by atoms with Crippen LogP contribution in [-0.2, 0) is 0 Å². The first-order valence-electron chi connectivity index (χ1n) is 15.7. The van der Waals surface area contributed by atoms with Gasteiger partial charge in [0.25, 0.3) is 0 Å². The van der Waals surface area contributed by atoms with E-state index in [9.17, 15) is 0 Å². The van der Waals surface area contributed by atoms with Gasteiger partial charge in [-0.2, -0.15) is 0 Å². The Bertz CT molecular complexity index is 2740. The van der Waals surface area contributed by atoms with Gasteiger partial charge in [0.15, 0.2) is 0 Å². The Morgan fingerprint density at radius 2 is 0.935 bits per heavy atom. The SMILES string of the molecule is c1ccc(-c2c3ccccc3c(-c3cc(-c4ccc5c(c4)sc4ccccc45)cc4oc5ccccc5c34)c3ccccc23)cc1. The highest BCUT2D eigenvalue weighted by atomic mass is 32.1. The zero-order chi connectivity index (χ0) is 30.2. The fourth-order valence-electron chi connectivity index (χ4n) is 7.46. The van der Waals surface area contributed by atoms with E-state index in [0.717, 1.165) is 27.5 Å². The Balaban J connectivity index is 1.34. The van der Waals surface area contributed by atoms with E-state index in [-0.39, 0.29) is 0 Å². The Labute approximate surface area is 269 Å². The predicted molar refractivity (Wildman–Crippen MR) is 198 cm³/mol. The third-order valence-corrected chi connectivity index (χ3v) is 10.6. The summed E-state index contributed by atoms with van der Waals surface area (Å²) in [7, 11) is 0. The van der Waals surface area contributed by atoms with Gasteiger partial charge in [0.2, 0.25) is 0 Å². The average molecular weight is 603 g/mol. The van der Waals surface area contributed by atoms with Gasteiger partial charge >= 0.3 is 0 Å². The molecule has 0 bridgehead atoms. The molecule has 2 aromatic heterocycles. The van der Waals surface area contributed by atoms with Gasteiger partial charge in [-0.15, -0.1) is 11.3 Å². The van der Waals surface area contributed by atoms with Crippen LogP contribution in [-0.4, -0.2) is 0 Å². The van der Waals surface area contributed by atoms with Gasteiger partial charge in [0.05, 0.1) is 0 Å². The molecular weight excluding hydrogens is 577 g/mol. The zero-order valence-electron chi connectivity index (χ0n) is 24.8. The molecule has 1 nitrogen and oxygen atoms in total. The summed E-state index contributed by atoms with van der Waals surface area (Å²) in [5.74, 6) is 0. The first kappa shape index (κ1) is 25.6. The van der Waals surface area contributed by atoms with Crippen LogP contribution in [0.15, 0.2) is 162 Å². The standard InChI is InChI=1S/C44H26OS/c1-2-12-27(13-3-1)42-32-15-4-6-17-34(32)43(35-18-7-5-16-33(35)42)37-24-29(25-39-44(37)36-19-8-10-20-38(36)45-39)28-22-23-31-30-14-9-11-21-40(30)46-41(31)26-28/h1-26H. The molecule has 214 valence electrons. The molecule has 0 aliphatic carbocycles. The molecule has 2 heterocycles. The van der Waals surface area contributed by atoms with Crippen LogP contribution in [0.4, 0.5) is 0 Å². The minimum atomic E-state index is 0.908. The molecule has 0 atom stereocenters.